The van der Waals surface area contributed by atoms with Gasteiger partial charge in [0.05, 0.1) is 17.5 Å². The number of nitrogens with zero attached hydrogens (tertiary/aromatic N) is 2. The van der Waals surface area contributed by atoms with Gasteiger partial charge in [-0.1, -0.05) is 29.3 Å². The summed E-state index contributed by atoms with van der Waals surface area (Å²) in [5.74, 6) is -2.02. The maximum Gasteiger partial charge on any atom is 0.250 e. The molecule has 0 saturated carbocycles. The predicted octanol–water partition coefficient (Wildman–Crippen LogP) is 3.39. The standard InChI is InChI=1S/C24H22ClN3O3/c1-12-5-7-15(8-6-12)28-21(29)18-17-4-3-9-27(17)24(19(18)22(28)30)16-11-14(25)10-13(2)20(16)26-23(24)31/h5-8,10-11,17-19H,3-4,9H2,1-2H3,(H,26,31)/t17-,18+,19-,24+/m0/s1. The van der Waals surface area contributed by atoms with Gasteiger partial charge in [0.25, 0.3) is 0 Å². The van der Waals surface area contributed by atoms with Crippen molar-refractivity contribution in [1.29, 1.82) is 0 Å². The number of amides is 3. The fraction of sp³-hybridized carbons (Fsp3) is 0.375. The summed E-state index contributed by atoms with van der Waals surface area (Å²) in [6.45, 7) is 4.54. The first-order chi connectivity index (χ1) is 14.9. The number of hydrogen-bond acceptors (Lipinski definition) is 4. The predicted molar refractivity (Wildman–Crippen MR) is 117 cm³/mol. The van der Waals surface area contributed by atoms with Crippen LogP contribution in [0.1, 0.15) is 29.5 Å². The molecule has 31 heavy (non-hydrogen) atoms. The van der Waals surface area contributed by atoms with Crippen LogP contribution < -0.4 is 10.2 Å². The van der Waals surface area contributed by atoms with Gasteiger partial charge in [-0.25, -0.2) is 4.90 Å². The number of halogens is 1. The average Bonchev–Trinajstić information content (AvgIpc) is 3.42. The molecule has 4 atom stereocenters. The Bertz CT molecular complexity index is 1180. The summed E-state index contributed by atoms with van der Waals surface area (Å²) in [6.07, 6.45) is 1.69. The van der Waals surface area contributed by atoms with E-state index in [0.717, 1.165) is 35.2 Å². The van der Waals surface area contributed by atoms with Crippen molar-refractivity contribution in [1.82, 2.24) is 4.90 Å². The number of aryl methyl sites for hydroxylation is 2. The minimum absolute atomic E-state index is 0.132. The first-order valence-electron chi connectivity index (χ1n) is 10.7. The summed E-state index contributed by atoms with van der Waals surface area (Å²) in [7, 11) is 0. The molecule has 3 amide bonds. The second-order valence-corrected chi connectivity index (χ2v) is 9.56. The van der Waals surface area contributed by atoms with Crippen molar-refractivity contribution in [3.05, 3.63) is 58.1 Å². The van der Waals surface area contributed by atoms with Gasteiger partial charge >= 0.3 is 0 Å². The Balaban J connectivity index is 1.57. The van der Waals surface area contributed by atoms with Crippen LogP contribution in [0, 0.1) is 25.7 Å². The molecule has 1 spiro atoms. The summed E-state index contributed by atoms with van der Waals surface area (Å²) >= 11 is 6.41. The van der Waals surface area contributed by atoms with E-state index in [-0.39, 0.29) is 23.8 Å². The van der Waals surface area contributed by atoms with Gasteiger partial charge in [-0.05, 0) is 63.1 Å². The first-order valence-corrected chi connectivity index (χ1v) is 11.1. The number of carbonyl (C=O) groups is 3. The molecule has 0 aliphatic carbocycles. The van der Waals surface area contributed by atoms with Gasteiger partial charge in [-0.3, -0.25) is 19.3 Å². The SMILES string of the molecule is Cc1ccc(N2C(=O)[C@H]3[C@@H](C2=O)[C@]2(C(=O)Nc4c(C)cc(Cl)cc42)N2CCC[C@@H]32)cc1. The summed E-state index contributed by atoms with van der Waals surface area (Å²) in [5, 5.41) is 3.55. The van der Waals surface area contributed by atoms with E-state index in [4.69, 9.17) is 11.6 Å². The molecule has 1 N–H and O–H groups in total. The number of hydrogen-bond donors (Lipinski definition) is 1. The molecule has 158 valence electrons. The summed E-state index contributed by atoms with van der Waals surface area (Å²) < 4.78 is 0. The van der Waals surface area contributed by atoms with Crippen LogP contribution in [0.25, 0.3) is 0 Å². The lowest BCUT2D eigenvalue weighted by atomic mass is 9.75. The van der Waals surface area contributed by atoms with E-state index in [9.17, 15) is 14.4 Å². The highest BCUT2D eigenvalue weighted by Gasteiger charge is 2.74. The van der Waals surface area contributed by atoms with Crippen LogP contribution in [-0.4, -0.2) is 35.2 Å². The second kappa shape index (κ2) is 6.17. The largest absolute Gasteiger partial charge is 0.324 e. The molecule has 4 aliphatic rings. The Morgan fingerprint density at radius 3 is 2.55 bits per heavy atom. The van der Waals surface area contributed by atoms with Crippen LogP contribution in [-0.2, 0) is 19.9 Å². The highest BCUT2D eigenvalue weighted by atomic mass is 35.5. The zero-order valence-electron chi connectivity index (χ0n) is 17.3. The van der Waals surface area contributed by atoms with E-state index >= 15 is 0 Å². The molecule has 0 bridgehead atoms. The van der Waals surface area contributed by atoms with Crippen LogP contribution in [0.3, 0.4) is 0 Å². The van der Waals surface area contributed by atoms with Gasteiger partial charge in [0.2, 0.25) is 17.7 Å². The number of fused-ring (bicyclic) bond motifs is 7. The number of carbonyl (C=O) groups excluding carboxylic acids is 3. The van der Waals surface area contributed by atoms with Gasteiger partial charge < -0.3 is 5.32 Å². The highest BCUT2D eigenvalue weighted by molar-refractivity contribution is 6.31. The maximum atomic E-state index is 13.9. The number of benzene rings is 2. The monoisotopic (exact) mass is 435 g/mol. The molecule has 6 rings (SSSR count). The molecule has 3 fully saturated rings. The van der Waals surface area contributed by atoms with E-state index in [1.54, 1.807) is 18.2 Å². The lowest BCUT2D eigenvalue weighted by Gasteiger charge is -2.36. The van der Waals surface area contributed by atoms with Gasteiger partial charge in [-0.2, -0.15) is 0 Å². The number of rotatable bonds is 1. The molecule has 2 aromatic carbocycles. The Labute approximate surface area is 185 Å². The Kier molecular flexibility index (Phi) is 3.79. The van der Waals surface area contributed by atoms with E-state index in [0.29, 0.717) is 17.3 Å². The molecule has 3 saturated heterocycles. The molecule has 0 aromatic heterocycles. The maximum absolute atomic E-state index is 13.9. The molecule has 6 nitrogen and oxygen atoms in total. The molecular weight excluding hydrogens is 414 g/mol. The molecule has 0 radical (unpaired) electrons. The molecule has 4 aliphatic heterocycles. The third kappa shape index (κ3) is 2.19. The van der Waals surface area contributed by atoms with Crippen molar-refractivity contribution in [3.63, 3.8) is 0 Å². The van der Waals surface area contributed by atoms with Crippen LogP contribution in [0.15, 0.2) is 36.4 Å². The molecular formula is C24H22ClN3O3. The molecule has 4 heterocycles. The lowest BCUT2D eigenvalue weighted by molar-refractivity contribution is -0.135. The van der Waals surface area contributed by atoms with Crippen molar-refractivity contribution in [3.8, 4) is 0 Å². The van der Waals surface area contributed by atoms with Gasteiger partial charge in [-0.15, -0.1) is 0 Å². The van der Waals surface area contributed by atoms with Crippen LogP contribution in [0.5, 0.6) is 0 Å². The average molecular weight is 436 g/mol. The number of anilines is 2. The lowest BCUT2D eigenvalue weighted by Crippen LogP contribution is -2.54. The number of nitrogens with one attached hydrogen (secondary N) is 1. The minimum atomic E-state index is -1.19. The summed E-state index contributed by atoms with van der Waals surface area (Å²) in [6, 6.07) is 10.9. The zero-order valence-corrected chi connectivity index (χ0v) is 18.1. The van der Waals surface area contributed by atoms with E-state index < -0.39 is 17.4 Å². The quantitative estimate of drug-likeness (QED) is 0.697. The molecule has 7 heteroatoms. The first kappa shape index (κ1) is 19.0. The normalized spacial score (nSPS) is 31.4. The second-order valence-electron chi connectivity index (χ2n) is 9.12. The van der Waals surface area contributed by atoms with E-state index in [1.807, 2.05) is 32.0 Å². The van der Waals surface area contributed by atoms with Crippen molar-refractivity contribution in [2.75, 3.05) is 16.8 Å². The molecule has 2 aromatic rings. The van der Waals surface area contributed by atoms with Crippen molar-refractivity contribution in [2.24, 2.45) is 11.8 Å². The van der Waals surface area contributed by atoms with Gasteiger partial charge in [0.1, 0.15) is 5.54 Å². The van der Waals surface area contributed by atoms with Crippen molar-refractivity contribution < 1.29 is 14.4 Å². The van der Waals surface area contributed by atoms with Crippen LogP contribution in [0.2, 0.25) is 5.02 Å². The minimum Gasteiger partial charge on any atom is -0.324 e. The van der Waals surface area contributed by atoms with E-state index in [1.165, 1.54) is 4.90 Å². The topological polar surface area (TPSA) is 69.7 Å². The zero-order chi connectivity index (χ0) is 21.7. The van der Waals surface area contributed by atoms with Gasteiger partial charge in [0, 0.05) is 22.3 Å². The third-order valence-electron chi connectivity index (χ3n) is 7.56. The fourth-order valence-corrected chi connectivity index (χ4v) is 6.66. The Hall–Kier alpha value is -2.70. The molecule has 0 unspecified atom stereocenters. The number of imide groups is 1. The fourth-order valence-electron chi connectivity index (χ4n) is 6.38. The summed E-state index contributed by atoms with van der Waals surface area (Å²) in [4.78, 5) is 44.6. The third-order valence-corrected chi connectivity index (χ3v) is 7.77. The highest BCUT2D eigenvalue weighted by Crippen LogP contribution is 2.61. The smallest absolute Gasteiger partial charge is 0.250 e. The Morgan fingerprint density at radius 1 is 1.06 bits per heavy atom. The van der Waals surface area contributed by atoms with Crippen molar-refractivity contribution in [2.45, 2.75) is 38.3 Å². The summed E-state index contributed by atoms with van der Waals surface area (Å²) in [5.41, 5.74) is 2.73. The van der Waals surface area contributed by atoms with Crippen LogP contribution in [0.4, 0.5) is 11.4 Å². The van der Waals surface area contributed by atoms with Crippen LogP contribution >= 0.6 is 11.6 Å². The Morgan fingerprint density at radius 2 is 1.81 bits per heavy atom. The van der Waals surface area contributed by atoms with Gasteiger partial charge in [0.15, 0.2) is 0 Å². The van der Waals surface area contributed by atoms with E-state index in [2.05, 4.69) is 10.2 Å². The van der Waals surface area contributed by atoms with Crippen molar-refractivity contribution >= 4 is 40.7 Å².